The van der Waals surface area contributed by atoms with Gasteiger partial charge in [0.1, 0.15) is 6.10 Å². The number of nitrogens with zero attached hydrogens (tertiary/aromatic N) is 1. The molecule has 0 aliphatic carbocycles. The van der Waals surface area contributed by atoms with Gasteiger partial charge in [-0.2, -0.15) is 0 Å². The predicted molar refractivity (Wildman–Crippen MR) is 84.5 cm³/mol. The normalized spacial score (nSPS) is 15.3. The molecule has 2 aromatic carbocycles. The van der Waals surface area contributed by atoms with Gasteiger partial charge in [-0.05, 0) is 23.6 Å². The van der Waals surface area contributed by atoms with E-state index in [1.165, 1.54) is 11.1 Å². The molecule has 3 rings (SSSR count). The van der Waals surface area contributed by atoms with Crippen molar-refractivity contribution in [1.29, 1.82) is 0 Å². The van der Waals surface area contributed by atoms with Crippen LogP contribution < -0.4 is 5.43 Å². The smallest absolute Gasteiger partial charge is 0.263 e. The van der Waals surface area contributed by atoms with E-state index >= 15 is 0 Å². The Morgan fingerprint density at radius 1 is 1.09 bits per heavy atom. The fraction of sp³-hybridized carbons (Fsp3) is 0.278. The molecule has 0 fully saturated rings. The van der Waals surface area contributed by atoms with Crippen molar-refractivity contribution in [1.82, 2.24) is 10.4 Å². The SMILES string of the molecule is CC(OCc1ccccc1)C(=O)NN1Cc2ccccc2C1. The van der Waals surface area contributed by atoms with Crippen molar-refractivity contribution >= 4 is 5.91 Å². The Morgan fingerprint density at radius 3 is 2.32 bits per heavy atom. The van der Waals surface area contributed by atoms with Crippen LogP contribution in [0.1, 0.15) is 23.6 Å². The monoisotopic (exact) mass is 296 g/mol. The molecule has 1 amide bonds. The third-order valence-corrected chi connectivity index (χ3v) is 3.82. The Bertz CT molecular complexity index is 618. The minimum Gasteiger partial charge on any atom is -0.364 e. The molecule has 114 valence electrons. The molecular formula is C18H20N2O2. The number of carbonyl (C=O) groups is 1. The van der Waals surface area contributed by atoms with Gasteiger partial charge in [-0.3, -0.25) is 10.2 Å². The second-order valence-corrected chi connectivity index (χ2v) is 5.54. The summed E-state index contributed by atoms with van der Waals surface area (Å²) in [6.45, 7) is 3.71. The summed E-state index contributed by atoms with van der Waals surface area (Å²) >= 11 is 0. The summed E-state index contributed by atoms with van der Waals surface area (Å²) < 4.78 is 5.64. The van der Waals surface area contributed by atoms with E-state index in [1.54, 1.807) is 6.92 Å². The summed E-state index contributed by atoms with van der Waals surface area (Å²) in [4.78, 5) is 12.2. The lowest BCUT2D eigenvalue weighted by Crippen LogP contribution is -2.43. The zero-order valence-electron chi connectivity index (χ0n) is 12.7. The van der Waals surface area contributed by atoms with Crippen molar-refractivity contribution in [2.24, 2.45) is 0 Å². The summed E-state index contributed by atoms with van der Waals surface area (Å²) in [6, 6.07) is 18.1. The van der Waals surface area contributed by atoms with E-state index in [-0.39, 0.29) is 5.91 Å². The minimum atomic E-state index is -0.482. The summed E-state index contributed by atoms with van der Waals surface area (Å²) in [5, 5.41) is 1.93. The van der Waals surface area contributed by atoms with E-state index < -0.39 is 6.10 Å². The minimum absolute atomic E-state index is 0.108. The maximum Gasteiger partial charge on any atom is 0.263 e. The summed E-state index contributed by atoms with van der Waals surface area (Å²) in [7, 11) is 0. The van der Waals surface area contributed by atoms with Crippen LogP contribution in [-0.2, 0) is 29.2 Å². The molecule has 4 heteroatoms. The van der Waals surface area contributed by atoms with Gasteiger partial charge >= 0.3 is 0 Å². The summed E-state index contributed by atoms with van der Waals surface area (Å²) in [6.07, 6.45) is -0.482. The van der Waals surface area contributed by atoms with Crippen LogP contribution in [0.4, 0.5) is 0 Å². The molecule has 1 atom stereocenters. The number of amides is 1. The number of benzene rings is 2. The first-order valence-electron chi connectivity index (χ1n) is 7.50. The standard InChI is InChI=1S/C18H20N2O2/c1-14(22-13-15-7-3-2-4-8-15)18(21)19-20-11-16-9-5-6-10-17(16)12-20/h2-10,14H,11-13H2,1H3,(H,19,21). The Balaban J connectivity index is 1.48. The number of hydrogen-bond acceptors (Lipinski definition) is 3. The van der Waals surface area contributed by atoms with Crippen LogP contribution in [-0.4, -0.2) is 17.0 Å². The van der Waals surface area contributed by atoms with E-state index in [4.69, 9.17) is 4.74 Å². The van der Waals surface area contributed by atoms with Gasteiger partial charge < -0.3 is 4.74 Å². The van der Waals surface area contributed by atoms with Crippen LogP contribution in [0, 0.1) is 0 Å². The van der Waals surface area contributed by atoms with E-state index in [2.05, 4.69) is 17.6 Å². The molecule has 22 heavy (non-hydrogen) atoms. The lowest BCUT2D eigenvalue weighted by Gasteiger charge is -2.20. The maximum atomic E-state index is 12.2. The number of nitrogens with one attached hydrogen (secondary N) is 1. The summed E-state index contributed by atoms with van der Waals surface area (Å²) in [5.41, 5.74) is 6.53. The van der Waals surface area contributed by atoms with Crippen molar-refractivity contribution in [3.05, 3.63) is 71.3 Å². The molecule has 1 aliphatic heterocycles. The lowest BCUT2D eigenvalue weighted by atomic mass is 10.1. The number of hydrazine groups is 1. The molecule has 1 N–H and O–H groups in total. The van der Waals surface area contributed by atoms with Gasteiger partial charge in [0.2, 0.25) is 0 Å². The van der Waals surface area contributed by atoms with E-state index in [0.717, 1.165) is 18.7 Å². The van der Waals surface area contributed by atoms with E-state index in [0.29, 0.717) is 6.61 Å². The zero-order chi connectivity index (χ0) is 15.4. The van der Waals surface area contributed by atoms with E-state index in [1.807, 2.05) is 47.5 Å². The second-order valence-electron chi connectivity index (χ2n) is 5.54. The fourth-order valence-corrected chi connectivity index (χ4v) is 2.53. The van der Waals surface area contributed by atoms with Crippen molar-refractivity contribution in [2.45, 2.75) is 32.7 Å². The molecule has 2 aromatic rings. The number of rotatable bonds is 5. The van der Waals surface area contributed by atoms with Gasteiger partial charge in [0.15, 0.2) is 0 Å². The van der Waals surface area contributed by atoms with Gasteiger partial charge in [0, 0.05) is 13.1 Å². The average molecular weight is 296 g/mol. The van der Waals surface area contributed by atoms with Crippen LogP contribution in [0.5, 0.6) is 0 Å². The summed E-state index contributed by atoms with van der Waals surface area (Å²) in [5.74, 6) is -0.108. The molecule has 1 heterocycles. The van der Waals surface area contributed by atoms with Crippen LogP contribution in [0.2, 0.25) is 0 Å². The molecule has 0 saturated carbocycles. The quantitative estimate of drug-likeness (QED) is 0.922. The highest BCUT2D eigenvalue weighted by atomic mass is 16.5. The van der Waals surface area contributed by atoms with Gasteiger partial charge in [-0.25, -0.2) is 5.01 Å². The Kier molecular flexibility index (Phi) is 4.51. The number of fused-ring (bicyclic) bond motifs is 1. The third-order valence-electron chi connectivity index (χ3n) is 3.82. The second kappa shape index (κ2) is 6.73. The topological polar surface area (TPSA) is 41.6 Å². The highest BCUT2D eigenvalue weighted by Gasteiger charge is 2.22. The van der Waals surface area contributed by atoms with Gasteiger partial charge in [-0.15, -0.1) is 0 Å². The molecule has 0 radical (unpaired) electrons. The Labute approximate surface area is 130 Å². The first-order valence-corrected chi connectivity index (χ1v) is 7.50. The fourth-order valence-electron chi connectivity index (χ4n) is 2.53. The molecule has 1 unspecified atom stereocenters. The van der Waals surface area contributed by atoms with E-state index in [9.17, 15) is 4.79 Å². The Morgan fingerprint density at radius 2 is 1.68 bits per heavy atom. The molecular weight excluding hydrogens is 276 g/mol. The first-order chi connectivity index (χ1) is 10.7. The molecule has 1 aliphatic rings. The van der Waals surface area contributed by atoms with Crippen LogP contribution in [0.15, 0.2) is 54.6 Å². The molecule has 0 aromatic heterocycles. The van der Waals surface area contributed by atoms with Gasteiger partial charge in [-0.1, -0.05) is 54.6 Å². The molecule has 4 nitrogen and oxygen atoms in total. The lowest BCUT2D eigenvalue weighted by molar-refractivity contribution is -0.137. The van der Waals surface area contributed by atoms with Crippen molar-refractivity contribution < 1.29 is 9.53 Å². The van der Waals surface area contributed by atoms with Crippen molar-refractivity contribution in [3.8, 4) is 0 Å². The third kappa shape index (κ3) is 3.53. The van der Waals surface area contributed by atoms with Crippen molar-refractivity contribution in [3.63, 3.8) is 0 Å². The Hall–Kier alpha value is -2.17. The van der Waals surface area contributed by atoms with Gasteiger partial charge in [0.25, 0.3) is 5.91 Å². The predicted octanol–water partition coefficient (Wildman–Crippen LogP) is 2.64. The maximum absolute atomic E-state index is 12.2. The number of carbonyl (C=O) groups excluding carboxylic acids is 1. The van der Waals surface area contributed by atoms with Crippen LogP contribution in [0.3, 0.4) is 0 Å². The van der Waals surface area contributed by atoms with Gasteiger partial charge in [0.05, 0.1) is 6.61 Å². The molecule has 0 bridgehead atoms. The van der Waals surface area contributed by atoms with Crippen molar-refractivity contribution in [2.75, 3.05) is 0 Å². The number of ether oxygens (including phenoxy) is 1. The highest BCUT2D eigenvalue weighted by molar-refractivity contribution is 5.79. The molecule has 0 saturated heterocycles. The largest absolute Gasteiger partial charge is 0.364 e. The first kappa shape index (κ1) is 14.8. The van der Waals surface area contributed by atoms with Crippen LogP contribution in [0.25, 0.3) is 0 Å². The molecule has 0 spiro atoms. The highest BCUT2D eigenvalue weighted by Crippen LogP contribution is 2.20. The zero-order valence-corrected chi connectivity index (χ0v) is 12.7. The number of hydrogen-bond donors (Lipinski definition) is 1. The average Bonchev–Trinajstić information content (AvgIpc) is 2.95. The van der Waals surface area contributed by atoms with Crippen LogP contribution >= 0.6 is 0 Å².